The Morgan fingerprint density at radius 3 is 2.17 bits per heavy atom. The number of rotatable bonds is 6. The molecule has 0 saturated carbocycles. The first-order valence-electron chi connectivity index (χ1n) is 7.39. The lowest BCUT2D eigenvalue weighted by molar-refractivity contribution is -0.139. The van der Waals surface area contributed by atoms with Crippen LogP contribution in [0.1, 0.15) is 33.5 Å². The van der Waals surface area contributed by atoms with Crippen molar-refractivity contribution in [3.63, 3.8) is 0 Å². The molecule has 0 heterocycles. The van der Waals surface area contributed by atoms with Gasteiger partial charge in [0.15, 0.2) is 5.78 Å². The Bertz CT molecular complexity index is 682. The van der Waals surface area contributed by atoms with Crippen LogP contribution in [-0.2, 0) is 16.1 Å². The van der Waals surface area contributed by atoms with Crippen LogP contribution in [0, 0.1) is 13.8 Å². The summed E-state index contributed by atoms with van der Waals surface area (Å²) in [5, 5.41) is 0. The molecule has 23 heavy (non-hydrogen) atoms. The van der Waals surface area contributed by atoms with Crippen LogP contribution in [0.2, 0.25) is 0 Å². The van der Waals surface area contributed by atoms with Gasteiger partial charge < -0.3 is 9.47 Å². The van der Waals surface area contributed by atoms with Crippen molar-refractivity contribution in [2.45, 2.75) is 26.9 Å². The van der Waals surface area contributed by atoms with Crippen LogP contribution in [0.4, 0.5) is 0 Å². The third-order valence-corrected chi connectivity index (χ3v) is 3.54. The van der Waals surface area contributed by atoms with Gasteiger partial charge in [0.2, 0.25) is 0 Å². The third kappa shape index (κ3) is 4.42. The summed E-state index contributed by atoms with van der Waals surface area (Å²) in [5.74, 6) is -0.0177. The number of methoxy groups -OCH3 is 1. The van der Waals surface area contributed by atoms with E-state index in [4.69, 9.17) is 4.74 Å². The van der Waals surface area contributed by atoms with E-state index in [1.165, 1.54) is 7.11 Å². The molecule has 4 heteroatoms. The molecular formula is C19H20O4. The van der Waals surface area contributed by atoms with Crippen molar-refractivity contribution >= 4 is 11.8 Å². The molecule has 0 bridgehead atoms. The van der Waals surface area contributed by atoms with Gasteiger partial charge in [-0.25, -0.2) is 0 Å². The molecule has 4 nitrogen and oxygen atoms in total. The molecular weight excluding hydrogens is 292 g/mol. The monoisotopic (exact) mass is 312 g/mol. The molecule has 0 fully saturated rings. The van der Waals surface area contributed by atoms with Crippen LogP contribution in [0.15, 0.2) is 42.5 Å². The molecule has 2 aromatic rings. The van der Waals surface area contributed by atoms with Gasteiger partial charge in [-0.2, -0.15) is 0 Å². The molecule has 0 aliphatic rings. The maximum atomic E-state index is 12.1. The van der Waals surface area contributed by atoms with Crippen LogP contribution in [0.3, 0.4) is 0 Å². The van der Waals surface area contributed by atoms with Crippen LogP contribution < -0.4 is 4.74 Å². The number of carbonyl (C=O) groups excluding carboxylic acids is 2. The number of ether oxygens (including phenoxy) is 2. The lowest BCUT2D eigenvalue weighted by Gasteiger charge is -2.14. The van der Waals surface area contributed by atoms with Gasteiger partial charge in [0.25, 0.3) is 0 Å². The third-order valence-electron chi connectivity index (χ3n) is 3.54. The first kappa shape index (κ1) is 16.7. The average Bonchev–Trinajstić information content (AvgIpc) is 2.54. The largest absolute Gasteiger partial charge is 0.488 e. The number of benzene rings is 2. The smallest absolute Gasteiger partial charge is 0.313 e. The molecule has 0 amide bonds. The van der Waals surface area contributed by atoms with E-state index >= 15 is 0 Å². The lowest BCUT2D eigenvalue weighted by atomic mass is 10.0. The molecule has 0 aliphatic heterocycles. The lowest BCUT2D eigenvalue weighted by Crippen LogP contribution is -2.10. The van der Waals surface area contributed by atoms with Crippen LogP contribution in [0.25, 0.3) is 0 Å². The Labute approximate surface area is 136 Å². The van der Waals surface area contributed by atoms with Crippen molar-refractivity contribution in [1.29, 1.82) is 0 Å². The molecule has 0 spiro atoms. The van der Waals surface area contributed by atoms with Crippen LogP contribution >= 0.6 is 0 Å². The molecule has 0 unspecified atom stereocenters. The van der Waals surface area contributed by atoms with Gasteiger partial charge in [-0.15, -0.1) is 0 Å². The molecule has 0 N–H and O–H groups in total. The fourth-order valence-electron chi connectivity index (χ4n) is 2.37. The average molecular weight is 312 g/mol. The zero-order valence-corrected chi connectivity index (χ0v) is 13.6. The summed E-state index contributed by atoms with van der Waals surface area (Å²) in [7, 11) is 1.27. The summed E-state index contributed by atoms with van der Waals surface area (Å²) in [4.78, 5) is 23.3. The number of aryl methyl sites for hydroxylation is 2. The molecule has 2 rings (SSSR count). The summed E-state index contributed by atoms with van der Waals surface area (Å²) in [6.07, 6.45) is -0.250. The summed E-state index contributed by atoms with van der Waals surface area (Å²) < 4.78 is 10.4. The maximum absolute atomic E-state index is 12.1. The first-order valence-corrected chi connectivity index (χ1v) is 7.39. The fourth-order valence-corrected chi connectivity index (χ4v) is 2.37. The minimum atomic E-state index is -0.533. The minimum Gasteiger partial charge on any atom is -0.488 e. The Morgan fingerprint density at radius 1 is 1.00 bits per heavy atom. The number of esters is 1. The van der Waals surface area contributed by atoms with E-state index in [9.17, 15) is 9.59 Å². The number of ketones is 1. The van der Waals surface area contributed by atoms with Gasteiger partial charge in [0, 0.05) is 5.56 Å². The normalized spacial score (nSPS) is 10.2. The molecule has 0 aliphatic carbocycles. The highest BCUT2D eigenvalue weighted by Gasteiger charge is 2.15. The topological polar surface area (TPSA) is 52.6 Å². The molecule has 0 aromatic heterocycles. The molecule has 120 valence electrons. The van der Waals surface area contributed by atoms with Gasteiger partial charge in [-0.05, 0) is 42.7 Å². The second-order valence-corrected chi connectivity index (χ2v) is 5.39. The SMILES string of the molecule is COC(=O)CC(=O)c1cc(C)c(OCc2ccccc2)c(C)c1. The predicted octanol–water partition coefficient (Wildman–Crippen LogP) is 3.63. The van der Waals surface area contributed by atoms with E-state index in [2.05, 4.69) is 4.74 Å². The summed E-state index contributed by atoms with van der Waals surface area (Å²) in [6.45, 7) is 4.25. The number of hydrogen-bond acceptors (Lipinski definition) is 4. The Morgan fingerprint density at radius 2 is 1.61 bits per heavy atom. The highest BCUT2D eigenvalue weighted by Crippen LogP contribution is 2.26. The van der Waals surface area contributed by atoms with Crippen molar-refractivity contribution in [2.24, 2.45) is 0 Å². The van der Waals surface area contributed by atoms with E-state index in [1.54, 1.807) is 12.1 Å². The van der Waals surface area contributed by atoms with Gasteiger partial charge in [0.05, 0.1) is 7.11 Å². The second-order valence-electron chi connectivity index (χ2n) is 5.39. The predicted molar refractivity (Wildman–Crippen MR) is 87.7 cm³/mol. The summed E-state index contributed by atoms with van der Waals surface area (Å²) in [6, 6.07) is 13.4. The Hall–Kier alpha value is -2.62. The highest BCUT2D eigenvalue weighted by atomic mass is 16.5. The van der Waals surface area contributed by atoms with Crippen molar-refractivity contribution in [2.75, 3.05) is 7.11 Å². The zero-order valence-electron chi connectivity index (χ0n) is 13.6. The number of hydrogen-bond donors (Lipinski definition) is 0. The zero-order chi connectivity index (χ0) is 16.8. The van der Waals surface area contributed by atoms with E-state index < -0.39 is 5.97 Å². The molecule has 0 saturated heterocycles. The van der Waals surface area contributed by atoms with E-state index in [-0.39, 0.29) is 12.2 Å². The Balaban J connectivity index is 2.14. The van der Waals surface area contributed by atoms with Crippen molar-refractivity contribution in [3.8, 4) is 5.75 Å². The van der Waals surface area contributed by atoms with Crippen LogP contribution in [-0.4, -0.2) is 18.9 Å². The van der Waals surface area contributed by atoms with Gasteiger partial charge >= 0.3 is 5.97 Å². The van der Waals surface area contributed by atoms with Crippen molar-refractivity contribution in [1.82, 2.24) is 0 Å². The van der Waals surface area contributed by atoms with E-state index in [0.29, 0.717) is 12.2 Å². The van der Waals surface area contributed by atoms with Crippen molar-refractivity contribution < 1.29 is 19.1 Å². The van der Waals surface area contributed by atoms with E-state index in [1.807, 2.05) is 44.2 Å². The maximum Gasteiger partial charge on any atom is 0.313 e. The quantitative estimate of drug-likeness (QED) is 0.464. The van der Waals surface area contributed by atoms with Gasteiger partial charge in [-0.3, -0.25) is 9.59 Å². The second kappa shape index (κ2) is 7.58. The van der Waals surface area contributed by atoms with Crippen molar-refractivity contribution in [3.05, 3.63) is 64.7 Å². The fraction of sp³-hybridized carbons (Fsp3) is 0.263. The molecule has 2 aromatic carbocycles. The number of carbonyl (C=O) groups is 2. The van der Waals surface area contributed by atoms with Gasteiger partial charge in [-0.1, -0.05) is 30.3 Å². The Kier molecular flexibility index (Phi) is 5.52. The number of Topliss-reactive ketones (excluding diaryl/α,β-unsaturated/α-hetero) is 1. The summed E-state index contributed by atoms with van der Waals surface area (Å²) >= 11 is 0. The summed E-state index contributed by atoms with van der Waals surface area (Å²) in [5.41, 5.74) is 3.32. The molecule has 0 radical (unpaired) electrons. The highest BCUT2D eigenvalue weighted by molar-refractivity contribution is 6.06. The van der Waals surface area contributed by atoms with Gasteiger partial charge in [0.1, 0.15) is 18.8 Å². The minimum absolute atomic E-state index is 0.250. The molecule has 0 atom stereocenters. The first-order chi connectivity index (χ1) is 11.0. The van der Waals surface area contributed by atoms with E-state index in [0.717, 1.165) is 22.4 Å². The standard InChI is InChI=1S/C19H20O4/c1-13-9-16(17(20)11-18(21)22-3)10-14(2)19(13)23-12-15-7-5-4-6-8-15/h4-10H,11-12H2,1-3H3. The van der Waals surface area contributed by atoms with Crippen LogP contribution in [0.5, 0.6) is 5.75 Å².